The van der Waals surface area contributed by atoms with Crippen LogP contribution in [0.1, 0.15) is 32.6 Å². The molecule has 88 valence electrons. The lowest BCUT2D eigenvalue weighted by molar-refractivity contribution is -0.121. The monoisotopic (exact) mass is 212 g/mol. The van der Waals surface area contributed by atoms with E-state index in [-0.39, 0.29) is 5.91 Å². The molecular weight excluding hydrogens is 188 g/mol. The van der Waals surface area contributed by atoms with Crippen LogP contribution in [0.4, 0.5) is 0 Å². The van der Waals surface area contributed by atoms with Crippen LogP contribution in [0.15, 0.2) is 12.2 Å². The molecule has 0 aromatic rings. The van der Waals surface area contributed by atoms with Gasteiger partial charge in [0.15, 0.2) is 0 Å². The maximum atomic E-state index is 11.3. The Morgan fingerprint density at radius 2 is 2.07 bits per heavy atom. The molecule has 0 spiro atoms. The van der Waals surface area contributed by atoms with E-state index in [1.54, 1.807) is 0 Å². The minimum Gasteiger partial charge on any atom is -0.355 e. The molecular formula is C12H24N2O. The van der Waals surface area contributed by atoms with E-state index in [0.29, 0.717) is 6.42 Å². The number of amides is 1. The molecule has 3 nitrogen and oxygen atoms in total. The van der Waals surface area contributed by atoms with Crippen LogP contribution in [0, 0.1) is 0 Å². The van der Waals surface area contributed by atoms with Crippen molar-refractivity contribution >= 4 is 5.91 Å². The molecule has 0 aliphatic rings. The molecule has 0 aromatic heterocycles. The fourth-order valence-electron chi connectivity index (χ4n) is 1.17. The summed E-state index contributed by atoms with van der Waals surface area (Å²) in [6.45, 7) is 3.77. The van der Waals surface area contributed by atoms with Crippen LogP contribution in [-0.2, 0) is 4.79 Å². The number of allylic oxidation sites excluding steroid dienone is 2. The summed E-state index contributed by atoms with van der Waals surface area (Å²) in [6.07, 6.45) is 7.97. The minimum atomic E-state index is 0.168. The van der Waals surface area contributed by atoms with Crippen LogP contribution in [0.3, 0.4) is 0 Å². The molecule has 1 N–H and O–H groups in total. The number of hydrogen-bond donors (Lipinski definition) is 1. The summed E-state index contributed by atoms with van der Waals surface area (Å²) in [4.78, 5) is 13.4. The Labute approximate surface area is 93.5 Å². The van der Waals surface area contributed by atoms with Gasteiger partial charge in [0.05, 0.1) is 0 Å². The lowest BCUT2D eigenvalue weighted by atomic mass is 10.2. The van der Waals surface area contributed by atoms with E-state index >= 15 is 0 Å². The first kappa shape index (κ1) is 14.2. The van der Waals surface area contributed by atoms with Gasteiger partial charge in [-0.3, -0.25) is 4.79 Å². The number of hydrogen-bond acceptors (Lipinski definition) is 2. The summed E-state index contributed by atoms with van der Waals surface area (Å²) >= 11 is 0. The van der Waals surface area contributed by atoms with Crippen molar-refractivity contribution < 1.29 is 4.79 Å². The van der Waals surface area contributed by atoms with E-state index in [1.165, 1.54) is 0 Å². The molecule has 0 saturated heterocycles. The van der Waals surface area contributed by atoms with Gasteiger partial charge in [-0.15, -0.1) is 0 Å². The SMILES string of the molecule is CC/C=C/CCCC(=O)NCCN(C)C. The Morgan fingerprint density at radius 1 is 1.33 bits per heavy atom. The van der Waals surface area contributed by atoms with Crippen molar-refractivity contribution in [2.75, 3.05) is 27.2 Å². The summed E-state index contributed by atoms with van der Waals surface area (Å²) in [5, 5.41) is 2.90. The number of nitrogens with one attached hydrogen (secondary N) is 1. The average Bonchev–Trinajstić information content (AvgIpc) is 2.17. The van der Waals surface area contributed by atoms with Crippen LogP contribution < -0.4 is 5.32 Å². The third-order valence-corrected chi connectivity index (χ3v) is 2.06. The zero-order chi connectivity index (χ0) is 11.5. The largest absolute Gasteiger partial charge is 0.355 e. The Balaban J connectivity index is 3.30. The molecule has 0 saturated carbocycles. The van der Waals surface area contributed by atoms with Crippen LogP contribution in [0.5, 0.6) is 0 Å². The van der Waals surface area contributed by atoms with E-state index in [9.17, 15) is 4.79 Å². The molecule has 0 fully saturated rings. The van der Waals surface area contributed by atoms with E-state index in [4.69, 9.17) is 0 Å². The van der Waals surface area contributed by atoms with Gasteiger partial charge in [-0.25, -0.2) is 0 Å². The fourth-order valence-corrected chi connectivity index (χ4v) is 1.17. The first-order valence-electron chi connectivity index (χ1n) is 5.73. The number of carbonyl (C=O) groups excluding carboxylic acids is 1. The maximum absolute atomic E-state index is 11.3. The molecule has 15 heavy (non-hydrogen) atoms. The highest BCUT2D eigenvalue weighted by Gasteiger charge is 1.99. The van der Waals surface area contributed by atoms with Crippen molar-refractivity contribution in [2.24, 2.45) is 0 Å². The number of rotatable bonds is 8. The highest BCUT2D eigenvalue weighted by molar-refractivity contribution is 5.75. The molecule has 0 radical (unpaired) electrons. The lowest BCUT2D eigenvalue weighted by Gasteiger charge is -2.09. The number of likely N-dealkylation sites (N-methyl/N-ethyl adjacent to an activating group) is 1. The van der Waals surface area contributed by atoms with Gasteiger partial charge in [0.25, 0.3) is 0 Å². The molecule has 0 aromatic carbocycles. The first-order valence-corrected chi connectivity index (χ1v) is 5.73. The van der Waals surface area contributed by atoms with Gasteiger partial charge in [-0.1, -0.05) is 19.1 Å². The average molecular weight is 212 g/mol. The van der Waals surface area contributed by atoms with Crippen molar-refractivity contribution in [1.29, 1.82) is 0 Å². The van der Waals surface area contributed by atoms with Crippen molar-refractivity contribution in [1.82, 2.24) is 10.2 Å². The van der Waals surface area contributed by atoms with Crippen LogP contribution in [-0.4, -0.2) is 38.0 Å². The van der Waals surface area contributed by atoms with Gasteiger partial charge < -0.3 is 10.2 Å². The van der Waals surface area contributed by atoms with E-state index in [1.807, 2.05) is 14.1 Å². The standard InChI is InChI=1S/C12H24N2O/c1-4-5-6-7-8-9-12(15)13-10-11-14(2)3/h5-6H,4,7-11H2,1-3H3,(H,13,15)/b6-5+. The molecule has 0 rings (SSSR count). The first-order chi connectivity index (χ1) is 7.16. The molecule has 0 bridgehead atoms. The van der Waals surface area contributed by atoms with Crippen molar-refractivity contribution in [2.45, 2.75) is 32.6 Å². The molecule has 1 amide bonds. The van der Waals surface area contributed by atoms with Crippen LogP contribution in [0.25, 0.3) is 0 Å². The maximum Gasteiger partial charge on any atom is 0.220 e. The Hall–Kier alpha value is -0.830. The summed E-state index contributed by atoms with van der Waals surface area (Å²) in [7, 11) is 4.00. The lowest BCUT2D eigenvalue weighted by Crippen LogP contribution is -2.31. The molecule has 3 heteroatoms. The second kappa shape index (κ2) is 9.71. The van der Waals surface area contributed by atoms with Crippen molar-refractivity contribution in [3.05, 3.63) is 12.2 Å². The zero-order valence-corrected chi connectivity index (χ0v) is 10.3. The van der Waals surface area contributed by atoms with Gasteiger partial charge in [0, 0.05) is 19.5 Å². The minimum absolute atomic E-state index is 0.168. The van der Waals surface area contributed by atoms with Crippen LogP contribution >= 0.6 is 0 Å². The second-order valence-corrected chi connectivity index (χ2v) is 3.93. The normalized spacial score (nSPS) is 11.2. The highest BCUT2D eigenvalue weighted by atomic mass is 16.1. The summed E-state index contributed by atoms with van der Waals surface area (Å²) in [5.41, 5.74) is 0. The van der Waals surface area contributed by atoms with Crippen molar-refractivity contribution in [3.63, 3.8) is 0 Å². The predicted octanol–water partition coefficient (Wildman–Crippen LogP) is 1.80. The van der Waals surface area contributed by atoms with Gasteiger partial charge in [0.1, 0.15) is 0 Å². The van der Waals surface area contributed by atoms with Gasteiger partial charge in [0.2, 0.25) is 5.91 Å². The van der Waals surface area contributed by atoms with Gasteiger partial charge in [-0.05, 0) is 33.4 Å². The molecule has 0 aliphatic heterocycles. The predicted molar refractivity (Wildman–Crippen MR) is 64.8 cm³/mol. The smallest absolute Gasteiger partial charge is 0.220 e. The Kier molecular flexibility index (Phi) is 9.18. The number of carbonyl (C=O) groups is 1. The number of unbranched alkanes of at least 4 members (excludes halogenated alkanes) is 1. The Bertz CT molecular complexity index is 188. The third kappa shape index (κ3) is 11.1. The Morgan fingerprint density at radius 3 is 2.67 bits per heavy atom. The summed E-state index contributed by atoms with van der Waals surface area (Å²) in [5.74, 6) is 0.168. The summed E-state index contributed by atoms with van der Waals surface area (Å²) < 4.78 is 0. The zero-order valence-electron chi connectivity index (χ0n) is 10.3. The molecule has 0 atom stereocenters. The fraction of sp³-hybridized carbons (Fsp3) is 0.750. The highest BCUT2D eigenvalue weighted by Crippen LogP contribution is 1.97. The molecule has 0 heterocycles. The van der Waals surface area contributed by atoms with E-state index in [2.05, 4.69) is 29.3 Å². The quantitative estimate of drug-likeness (QED) is 0.491. The van der Waals surface area contributed by atoms with Crippen molar-refractivity contribution in [3.8, 4) is 0 Å². The van der Waals surface area contributed by atoms with E-state index in [0.717, 1.165) is 32.4 Å². The third-order valence-electron chi connectivity index (χ3n) is 2.06. The van der Waals surface area contributed by atoms with Gasteiger partial charge >= 0.3 is 0 Å². The van der Waals surface area contributed by atoms with Gasteiger partial charge in [-0.2, -0.15) is 0 Å². The molecule has 0 unspecified atom stereocenters. The topological polar surface area (TPSA) is 32.3 Å². The molecule has 0 aliphatic carbocycles. The number of nitrogens with zero attached hydrogens (tertiary/aromatic N) is 1. The van der Waals surface area contributed by atoms with Crippen LogP contribution in [0.2, 0.25) is 0 Å². The second-order valence-electron chi connectivity index (χ2n) is 3.93. The summed E-state index contributed by atoms with van der Waals surface area (Å²) in [6, 6.07) is 0. The van der Waals surface area contributed by atoms with E-state index < -0.39 is 0 Å².